The Morgan fingerprint density at radius 3 is 2.55 bits per heavy atom. The van der Waals surface area contributed by atoms with Gasteiger partial charge in [0.25, 0.3) is 0 Å². The lowest BCUT2D eigenvalue weighted by atomic mass is 9.79. The predicted octanol–water partition coefficient (Wildman–Crippen LogP) is 3.03. The lowest BCUT2D eigenvalue weighted by Crippen LogP contribution is -2.40. The maximum absolute atomic E-state index is 12.4. The summed E-state index contributed by atoms with van der Waals surface area (Å²) in [6.45, 7) is 4.38. The average Bonchev–Trinajstić information content (AvgIpc) is 2.33. The van der Waals surface area contributed by atoms with Crippen LogP contribution in [0.2, 0.25) is 5.02 Å². The highest BCUT2D eigenvalue weighted by Crippen LogP contribution is 2.30. The van der Waals surface area contributed by atoms with Gasteiger partial charge >= 0.3 is 0 Å². The third-order valence-electron chi connectivity index (χ3n) is 4.18. The van der Waals surface area contributed by atoms with Crippen molar-refractivity contribution in [1.29, 1.82) is 0 Å². The molecule has 2 rings (SSSR count). The molecule has 0 aliphatic heterocycles. The van der Waals surface area contributed by atoms with Gasteiger partial charge in [0.15, 0.2) is 0 Å². The molecule has 0 bridgehead atoms. The van der Waals surface area contributed by atoms with E-state index in [-0.39, 0.29) is 16.6 Å². The van der Waals surface area contributed by atoms with Crippen LogP contribution in [0.4, 0.5) is 5.69 Å². The normalized spacial score (nSPS) is 27.4. The van der Waals surface area contributed by atoms with Gasteiger partial charge in [-0.1, -0.05) is 25.4 Å². The van der Waals surface area contributed by atoms with Gasteiger partial charge in [-0.25, -0.2) is 13.1 Å². The van der Waals surface area contributed by atoms with Crippen LogP contribution in [0, 0.1) is 11.8 Å². The van der Waals surface area contributed by atoms with E-state index >= 15 is 0 Å². The fourth-order valence-corrected chi connectivity index (χ4v) is 4.28. The number of hydrogen-bond donors (Lipinski definition) is 2. The number of nitrogen functional groups attached to an aromatic ring is 1. The molecule has 0 aromatic heterocycles. The number of nitrogens with one attached hydrogen (secondary N) is 1. The smallest absolute Gasteiger partial charge is 0.242 e. The molecular weight excluding hydrogens is 296 g/mol. The fourth-order valence-electron chi connectivity index (χ4n) is 2.70. The van der Waals surface area contributed by atoms with Crippen LogP contribution in [-0.4, -0.2) is 14.5 Å². The first-order valence-corrected chi connectivity index (χ1v) is 8.73. The van der Waals surface area contributed by atoms with E-state index in [4.69, 9.17) is 17.3 Å². The molecule has 1 aromatic rings. The minimum absolute atomic E-state index is 0.0127. The Morgan fingerprint density at radius 1 is 1.25 bits per heavy atom. The summed E-state index contributed by atoms with van der Waals surface area (Å²) in [7, 11) is -3.58. The molecule has 1 saturated carbocycles. The monoisotopic (exact) mass is 316 g/mol. The molecule has 1 aliphatic rings. The van der Waals surface area contributed by atoms with Gasteiger partial charge in [-0.05, 0) is 49.3 Å². The number of hydrogen-bond acceptors (Lipinski definition) is 3. The van der Waals surface area contributed by atoms with Crippen LogP contribution in [0.3, 0.4) is 0 Å². The van der Waals surface area contributed by atoms with Crippen LogP contribution < -0.4 is 10.5 Å². The summed E-state index contributed by atoms with van der Waals surface area (Å²) < 4.78 is 27.5. The van der Waals surface area contributed by atoms with E-state index in [0.717, 1.165) is 19.3 Å². The van der Waals surface area contributed by atoms with E-state index < -0.39 is 10.0 Å². The van der Waals surface area contributed by atoms with Gasteiger partial charge in [0, 0.05) is 11.1 Å². The molecule has 0 saturated heterocycles. The molecule has 3 unspecified atom stereocenters. The molecule has 4 nitrogen and oxygen atoms in total. The second-order valence-corrected chi connectivity index (χ2v) is 7.89. The van der Waals surface area contributed by atoms with Crippen LogP contribution in [0.5, 0.6) is 0 Å². The third-order valence-corrected chi connectivity index (χ3v) is 6.01. The zero-order chi connectivity index (χ0) is 14.9. The van der Waals surface area contributed by atoms with Gasteiger partial charge in [0.1, 0.15) is 4.90 Å². The van der Waals surface area contributed by atoms with Gasteiger partial charge in [0.05, 0.1) is 5.69 Å². The molecule has 0 heterocycles. The Balaban J connectivity index is 2.15. The Morgan fingerprint density at radius 2 is 1.95 bits per heavy atom. The highest BCUT2D eigenvalue weighted by molar-refractivity contribution is 7.89. The van der Waals surface area contributed by atoms with Crippen molar-refractivity contribution in [1.82, 2.24) is 4.72 Å². The molecule has 20 heavy (non-hydrogen) atoms. The van der Waals surface area contributed by atoms with E-state index in [1.807, 2.05) is 0 Å². The van der Waals surface area contributed by atoms with Crippen molar-refractivity contribution >= 4 is 27.3 Å². The Bertz CT molecular complexity index is 589. The summed E-state index contributed by atoms with van der Waals surface area (Å²) >= 11 is 5.80. The molecule has 3 atom stereocenters. The quantitative estimate of drug-likeness (QED) is 0.842. The maximum atomic E-state index is 12.4. The van der Waals surface area contributed by atoms with Gasteiger partial charge in [-0.3, -0.25) is 0 Å². The molecule has 0 amide bonds. The minimum atomic E-state index is -3.58. The summed E-state index contributed by atoms with van der Waals surface area (Å²) in [4.78, 5) is 0.105. The zero-order valence-electron chi connectivity index (χ0n) is 11.8. The van der Waals surface area contributed by atoms with Crippen LogP contribution in [0.25, 0.3) is 0 Å². The van der Waals surface area contributed by atoms with Gasteiger partial charge in [-0.15, -0.1) is 0 Å². The molecule has 3 N–H and O–H groups in total. The first-order valence-electron chi connectivity index (χ1n) is 6.87. The van der Waals surface area contributed by atoms with Crippen molar-refractivity contribution < 1.29 is 8.42 Å². The fraction of sp³-hybridized carbons (Fsp3) is 0.571. The summed E-state index contributed by atoms with van der Waals surface area (Å²) in [5.74, 6) is 1.18. The van der Waals surface area contributed by atoms with Crippen molar-refractivity contribution in [2.24, 2.45) is 11.8 Å². The Labute approximate surface area is 125 Å². The number of benzene rings is 1. The topological polar surface area (TPSA) is 72.2 Å². The van der Waals surface area contributed by atoms with Crippen LogP contribution in [0.15, 0.2) is 23.1 Å². The van der Waals surface area contributed by atoms with Crippen LogP contribution >= 0.6 is 11.6 Å². The average molecular weight is 317 g/mol. The van der Waals surface area contributed by atoms with Crippen molar-refractivity contribution in [3.8, 4) is 0 Å². The third kappa shape index (κ3) is 3.45. The second-order valence-electron chi connectivity index (χ2n) is 5.77. The number of rotatable bonds is 3. The lowest BCUT2D eigenvalue weighted by Gasteiger charge is -2.32. The SMILES string of the molecule is CC1CCC(NS(=O)(=O)c2ccc(Cl)cc2N)CC1C. The lowest BCUT2D eigenvalue weighted by molar-refractivity contribution is 0.242. The first-order chi connectivity index (χ1) is 9.29. The molecular formula is C14H21ClN2O2S. The second kappa shape index (κ2) is 5.92. The molecule has 1 aliphatic carbocycles. The van der Waals surface area contributed by atoms with Crippen molar-refractivity contribution in [2.45, 2.75) is 44.0 Å². The van der Waals surface area contributed by atoms with E-state index in [2.05, 4.69) is 18.6 Å². The summed E-state index contributed by atoms with van der Waals surface area (Å²) in [5, 5.41) is 0.432. The number of nitrogens with two attached hydrogens (primary N) is 1. The van der Waals surface area contributed by atoms with Gasteiger partial charge in [-0.2, -0.15) is 0 Å². The van der Waals surface area contributed by atoms with Crippen molar-refractivity contribution in [2.75, 3.05) is 5.73 Å². The van der Waals surface area contributed by atoms with Crippen molar-refractivity contribution in [3.63, 3.8) is 0 Å². The predicted molar refractivity (Wildman–Crippen MR) is 82.2 cm³/mol. The van der Waals surface area contributed by atoms with E-state index in [1.54, 1.807) is 0 Å². The summed E-state index contributed by atoms with van der Waals surface area (Å²) in [5.41, 5.74) is 5.94. The molecule has 112 valence electrons. The highest BCUT2D eigenvalue weighted by atomic mass is 35.5. The Hall–Kier alpha value is -0.780. The van der Waals surface area contributed by atoms with Crippen LogP contribution in [0.1, 0.15) is 33.1 Å². The Kier molecular flexibility index (Phi) is 4.62. The van der Waals surface area contributed by atoms with Gasteiger partial charge < -0.3 is 5.73 Å². The van der Waals surface area contributed by atoms with E-state index in [1.165, 1.54) is 18.2 Å². The number of anilines is 1. The largest absolute Gasteiger partial charge is 0.398 e. The van der Waals surface area contributed by atoms with Crippen molar-refractivity contribution in [3.05, 3.63) is 23.2 Å². The number of halogens is 1. The summed E-state index contributed by atoms with van der Waals surface area (Å²) in [6.07, 6.45) is 2.79. The number of sulfonamides is 1. The molecule has 6 heteroatoms. The standard InChI is InChI=1S/C14H21ClN2O2S/c1-9-3-5-12(7-10(9)2)17-20(18,19)14-6-4-11(15)8-13(14)16/h4,6,8-10,12,17H,3,5,7,16H2,1-2H3. The first kappa shape index (κ1) is 15.6. The van der Waals surface area contributed by atoms with Crippen LogP contribution in [-0.2, 0) is 10.0 Å². The molecule has 0 spiro atoms. The minimum Gasteiger partial charge on any atom is -0.398 e. The van der Waals surface area contributed by atoms with Gasteiger partial charge in [0.2, 0.25) is 10.0 Å². The summed E-state index contributed by atoms with van der Waals surface area (Å²) in [6, 6.07) is 4.44. The van der Waals surface area contributed by atoms with E-state index in [0.29, 0.717) is 16.9 Å². The highest BCUT2D eigenvalue weighted by Gasteiger charge is 2.28. The zero-order valence-corrected chi connectivity index (χ0v) is 13.3. The molecule has 1 fully saturated rings. The molecule has 0 radical (unpaired) electrons. The van der Waals surface area contributed by atoms with E-state index in [9.17, 15) is 8.42 Å². The molecule has 1 aromatic carbocycles. The maximum Gasteiger partial charge on any atom is 0.242 e.